The van der Waals surface area contributed by atoms with Crippen LogP contribution in [0.25, 0.3) is 10.8 Å². The molecule has 0 aromatic heterocycles. The van der Waals surface area contributed by atoms with Crippen LogP contribution in [0.4, 0.5) is 0 Å². The summed E-state index contributed by atoms with van der Waals surface area (Å²) in [5.41, 5.74) is 2.42. The van der Waals surface area contributed by atoms with Gasteiger partial charge >= 0.3 is 0 Å². The Labute approximate surface area is 101 Å². The first-order valence-corrected chi connectivity index (χ1v) is 5.98. The first-order chi connectivity index (χ1) is 8.31. The summed E-state index contributed by atoms with van der Waals surface area (Å²) in [6, 6.07) is 14.5. The molecule has 0 fully saturated rings. The lowest BCUT2D eigenvalue weighted by molar-refractivity contribution is -0.117. The van der Waals surface area contributed by atoms with Gasteiger partial charge in [-0.3, -0.25) is 4.79 Å². The van der Waals surface area contributed by atoms with Crippen molar-refractivity contribution in [2.45, 2.75) is 19.3 Å². The summed E-state index contributed by atoms with van der Waals surface area (Å²) in [5.74, 6) is 0.323. The van der Waals surface area contributed by atoms with Crippen molar-refractivity contribution < 1.29 is 4.79 Å². The Morgan fingerprint density at radius 3 is 2.53 bits per heavy atom. The Bertz CT molecular complexity index is 608. The molecular weight excluding hydrogens is 208 g/mol. The molecule has 0 unspecified atom stereocenters. The zero-order chi connectivity index (χ0) is 11.7. The maximum atomic E-state index is 11.8. The van der Waals surface area contributed by atoms with Gasteiger partial charge in [0.1, 0.15) is 5.78 Å². The van der Waals surface area contributed by atoms with Gasteiger partial charge in [0.15, 0.2) is 0 Å². The molecule has 1 aliphatic rings. The number of Topliss-reactive ketones (excluding diaryl/α,β-unsaturated/α-hetero) is 1. The summed E-state index contributed by atoms with van der Waals surface area (Å²) in [5, 5.41) is 2.44. The van der Waals surface area contributed by atoms with Crippen LogP contribution in [0.15, 0.2) is 54.1 Å². The Balaban J connectivity index is 1.80. The number of rotatable bonds is 4. The van der Waals surface area contributed by atoms with Crippen LogP contribution in [-0.2, 0) is 11.2 Å². The molecule has 0 spiro atoms. The summed E-state index contributed by atoms with van der Waals surface area (Å²) in [7, 11) is 0. The highest BCUT2D eigenvalue weighted by atomic mass is 16.1. The molecule has 3 rings (SSSR count). The second-order valence-electron chi connectivity index (χ2n) is 4.64. The third kappa shape index (κ3) is 2.44. The van der Waals surface area contributed by atoms with Gasteiger partial charge in [0.05, 0.1) is 0 Å². The van der Waals surface area contributed by atoms with Gasteiger partial charge in [-0.05, 0) is 22.8 Å². The van der Waals surface area contributed by atoms with E-state index in [2.05, 4.69) is 36.4 Å². The smallest absolute Gasteiger partial charge is 0.141 e. The number of carbonyl (C=O) groups excluding carboxylic acids is 1. The van der Waals surface area contributed by atoms with E-state index in [1.807, 2.05) is 12.1 Å². The Morgan fingerprint density at radius 1 is 1.00 bits per heavy atom. The summed E-state index contributed by atoms with van der Waals surface area (Å²) in [6.07, 6.45) is 4.37. The van der Waals surface area contributed by atoms with E-state index in [0.29, 0.717) is 18.6 Å². The van der Waals surface area contributed by atoms with Crippen LogP contribution >= 0.6 is 0 Å². The van der Waals surface area contributed by atoms with Gasteiger partial charge < -0.3 is 0 Å². The number of carbonyl (C=O) groups is 1. The maximum Gasteiger partial charge on any atom is 0.141 e. The Kier molecular flexibility index (Phi) is 2.52. The zero-order valence-electron chi connectivity index (χ0n) is 9.65. The zero-order valence-corrected chi connectivity index (χ0v) is 9.65. The van der Waals surface area contributed by atoms with Crippen LogP contribution in [0.3, 0.4) is 0 Å². The van der Waals surface area contributed by atoms with Crippen molar-refractivity contribution >= 4 is 16.6 Å². The highest BCUT2D eigenvalue weighted by Gasteiger charge is 2.12. The fourth-order valence-electron chi connectivity index (χ4n) is 2.11. The molecule has 0 radical (unpaired) electrons. The second kappa shape index (κ2) is 4.17. The van der Waals surface area contributed by atoms with Crippen molar-refractivity contribution in [2.75, 3.05) is 0 Å². The number of fused-ring (bicyclic) bond motifs is 1. The third-order valence-electron chi connectivity index (χ3n) is 3.13. The molecule has 0 bridgehead atoms. The van der Waals surface area contributed by atoms with Gasteiger partial charge in [-0.2, -0.15) is 0 Å². The summed E-state index contributed by atoms with van der Waals surface area (Å²) >= 11 is 0. The van der Waals surface area contributed by atoms with Crippen molar-refractivity contribution in [2.24, 2.45) is 0 Å². The van der Waals surface area contributed by atoms with Crippen molar-refractivity contribution in [3.8, 4) is 0 Å². The van der Waals surface area contributed by atoms with Crippen molar-refractivity contribution in [1.82, 2.24) is 0 Å². The molecule has 0 saturated heterocycles. The van der Waals surface area contributed by atoms with E-state index in [9.17, 15) is 4.79 Å². The number of hydrogen-bond donors (Lipinski definition) is 0. The Morgan fingerprint density at radius 2 is 1.76 bits per heavy atom. The average Bonchev–Trinajstić information content (AvgIpc) is 3.12. The van der Waals surface area contributed by atoms with Gasteiger partial charge in [-0.15, -0.1) is 0 Å². The Hall–Kier alpha value is -1.89. The first-order valence-electron chi connectivity index (χ1n) is 5.98. The lowest BCUT2D eigenvalue weighted by Crippen LogP contribution is -2.01. The molecular formula is C16H14O. The SMILES string of the molecule is O=C(CC1=CC1)Cc1ccc2ccccc2c1. The summed E-state index contributed by atoms with van der Waals surface area (Å²) in [4.78, 5) is 11.8. The molecule has 1 aliphatic carbocycles. The molecule has 0 N–H and O–H groups in total. The van der Waals surface area contributed by atoms with E-state index in [4.69, 9.17) is 0 Å². The van der Waals surface area contributed by atoms with E-state index in [1.165, 1.54) is 16.3 Å². The number of ketones is 1. The summed E-state index contributed by atoms with van der Waals surface area (Å²) in [6.45, 7) is 0. The first kappa shape index (κ1) is 10.3. The predicted molar refractivity (Wildman–Crippen MR) is 70.0 cm³/mol. The molecule has 0 aliphatic heterocycles. The van der Waals surface area contributed by atoms with Gasteiger partial charge in [0, 0.05) is 12.8 Å². The van der Waals surface area contributed by atoms with Crippen molar-refractivity contribution in [1.29, 1.82) is 0 Å². The van der Waals surface area contributed by atoms with Gasteiger partial charge in [-0.1, -0.05) is 54.1 Å². The number of allylic oxidation sites excluding steroid dienone is 2. The van der Waals surface area contributed by atoms with Crippen LogP contribution in [0.2, 0.25) is 0 Å². The highest BCUT2D eigenvalue weighted by Crippen LogP contribution is 2.23. The van der Waals surface area contributed by atoms with Crippen LogP contribution < -0.4 is 0 Å². The number of benzene rings is 2. The van der Waals surface area contributed by atoms with E-state index in [-0.39, 0.29) is 0 Å². The van der Waals surface area contributed by atoms with Crippen molar-refractivity contribution in [3.63, 3.8) is 0 Å². The minimum atomic E-state index is 0.323. The third-order valence-corrected chi connectivity index (χ3v) is 3.13. The predicted octanol–water partition coefficient (Wildman–Crippen LogP) is 3.67. The molecule has 2 aromatic rings. The molecule has 0 atom stereocenters. The minimum Gasteiger partial charge on any atom is -0.299 e. The van der Waals surface area contributed by atoms with Gasteiger partial charge in [0.25, 0.3) is 0 Å². The molecule has 17 heavy (non-hydrogen) atoms. The maximum absolute atomic E-state index is 11.8. The summed E-state index contributed by atoms with van der Waals surface area (Å²) < 4.78 is 0. The fourth-order valence-corrected chi connectivity index (χ4v) is 2.11. The molecule has 0 amide bonds. The molecule has 1 nitrogen and oxygen atoms in total. The van der Waals surface area contributed by atoms with Crippen LogP contribution in [-0.4, -0.2) is 5.78 Å². The highest BCUT2D eigenvalue weighted by molar-refractivity contribution is 5.87. The topological polar surface area (TPSA) is 17.1 Å². The fraction of sp³-hybridized carbons (Fsp3) is 0.188. The van der Waals surface area contributed by atoms with Crippen LogP contribution in [0.5, 0.6) is 0 Å². The van der Waals surface area contributed by atoms with Crippen LogP contribution in [0.1, 0.15) is 18.4 Å². The normalized spacial score (nSPS) is 13.5. The van der Waals surface area contributed by atoms with Gasteiger partial charge in [-0.25, -0.2) is 0 Å². The van der Waals surface area contributed by atoms with E-state index in [0.717, 1.165) is 12.0 Å². The molecule has 84 valence electrons. The average molecular weight is 222 g/mol. The lowest BCUT2D eigenvalue weighted by Gasteiger charge is -2.02. The standard InChI is InChI=1S/C16H14O/c17-16(10-12-5-6-12)11-13-7-8-14-3-1-2-4-15(14)9-13/h1-5,7-9H,6,10-11H2. The van der Waals surface area contributed by atoms with Crippen molar-refractivity contribution in [3.05, 3.63) is 59.7 Å². The largest absolute Gasteiger partial charge is 0.299 e. The lowest BCUT2D eigenvalue weighted by atomic mass is 10.0. The van der Waals surface area contributed by atoms with Crippen LogP contribution in [0, 0.1) is 0 Å². The number of hydrogen-bond acceptors (Lipinski definition) is 1. The molecule has 2 aromatic carbocycles. The quantitative estimate of drug-likeness (QED) is 0.721. The monoisotopic (exact) mass is 222 g/mol. The molecule has 1 heteroatoms. The second-order valence-corrected chi connectivity index (χ2v) is 4.64. The molecule has 0 heterocycles. The minimum absolute atomic E-state index is 0.323. The van der Waals surface area contributed by atoms with E-state index >= 15 is 0 Å². The van der Waals surface area contributed by atoms with E-state index in [1.54, 1.807) is 0 Å². The van der Waals surface area contributed by atoms with Gasteiger partial charge in [0.2, 0.25) is 0 Å². The molecule has 0 saturated carbocycles. The van der Waals surface area contributed by atoms with E-state index < -0.39 is 0 Å².